The highest BCUT2D eigenvalue weighted by atomic mass is 79.9. The Hall–Kier alpha value is 0.580. The zero-order valence-electron chi connectivity index (χ0n) is 9.13. The largest absolute Gasteiger partial charge is 0.377 e. The Morgan fingerprint density at radius 3 is 3.00 bits per heavy atom. The molecule has 2 heterocycles. The molecule has 2 rings (SSSR count). The summed E-state index contributed by atoms with van der Waals surface area (Å²) >= 11 is 8.77. The SMILES string of the molecule is CC(NCc1cc(Br)c(Br)s1)C1CCCO1. The molecule has 0 aliphatic carbocycles. The third kappa shape index (κ3) is 3.29. The molecule has 1 saturated heterocycles. The van der Waals surface area contributed by atoms with Crippen LogP contribution in [0.3, 0.4) is 0 Å². The molecule has 2 nitrogen and oxygen atoms in total. The van der Waals surface area contributed by atoms with Crippen molar-refractivity contribution in [3.05, 3.63) is 19.2 Å². The van der Waals surface area contributed by atoms with Crippen molar-refractivity contribution in [3.63, 3.8) is 0 Å². The Balaban J connectivity index is 1.82. The second-order valence-corrected chi connectivity index (χ2v) is 7.36. The van der Waals surface area contributed by atoms with Gasteiger partial charge in [0.1, 0.15) is 0 Å². The summed E-state index contributed by atoms with van der Waals surface area (Å²) in [5, 5.41) is 3.53. The smallest absolute Gasteiger partial charge is 0.0843 e. The van der Waals surface area contributed by atoms with Crippen LogP contribution in [0.2, 0.25) is 0 Å². The van der Waals surface area contributed by atoms with Gasteiger partial charge in [-0.3, -0.25) is 0 Å². The lowest BCUT2D eigenvalue weighted by Crippen LogP contribution is -2.36. The van der Waals surface area contributed by atoms with Gasteiger partial charge in [0.2, 0.25) is 0 Å². The highest BCUT2D eigenvalue weighted by molar-refractivity contribution is 9.13. The van der Waals surface area contributed by atoms with Crippen LogP contribution >= 0.6 is 43.2 Å². The van der Waals surface area contributed by atoms with Crippen molar-refractivity contribution in [1.82, 2.24) is 5.32 Å². The van der Waals surface area contributed by atoms with Crippen LogP contribution in [0, 0.1) is 0 Å². The molecule has 2 unspecified atom stereocenters. The Bertz CT molecular complexity index is 330. The van der Waals surface area contributed by atoms with Gasteiger partial charge in [-0.05, 0) is 57.7 Å². The van der Waals surface area contributed by atoms with Crippen molar-refractivity contribution >= 4 is 43.2 Å². The lowest BCUT2D eigenvalue weighted by molar-refractivity contribution is 0.0833. The van der Waals surface area contributed by atoms with Crippen molar-refractivity contribution in [2.24, 2.45) is 0 Å². The van der Waals surface area contributed by atoms with Gasteiger partial charge in [0.25, 0.3) is 0 Å². The van der Waals surface area contributed by atoms with E-state index in [9.17, 15) is 0 Å². The van der Waals surface area contributed by atoms with E-state index in [2.05, 4.69) is 50.2 Å². The maximum Gasteiger partial charge on any atom is 0.0843 e. The van der Waals surface area contributed by atoms with Crippen molar-refractivity contribution < 1.29 is 4.74 Å². The number of ether oxygens (including phenoxy) is 1. The van der Waals surface area contributed by atoms with Crippen LogP contribution in [0.15, 0.2) is 14.3 Å². The summed E-state index contributed by atoms with van der Waals surface area (Å²) in [6.07, 6.45) is 2.78. The summed E-state index contributed by atoms with van der Waals surface area (Å²) in [5.41, 5.74) is 0. The second-order valence-electron chi connectivity index (χ2n) is 4.06. The monoisotopic (exact) mass is 367 g/mol. The third-order valence-electron chi connectivity index (χ3n) is 2.82. The van der Waals surface area contributed by atoms with E-state index >= 15 is 0 Å². The highest BCUT2D eigenvalue weighted by Gasteiger charge is 2.21. The molecule has 1 fully saturated rings. The lowest BCUT2D eigenvalue weighted by atomic mass is 10.1. The molecule has 1 aromatic heterocycles. The van der Waals surface area contributed by atoms with Gasteiger partial charge in [0, 0.05) is 28.5 Å². The summed E-state index contributed by atoms with van der Waals surface area (Å²) in [5.74, 6) is 0. The first-order valence-electron chi connectivity index (χ1n) is 5.45. The normalized spacial score (nSPS) is 22.6. The summed E-state index contributed by atoms with van der Waals surface area (Å²) < 4.78 is 7.95. The summed E-state index contributed by atoms with van der Waals surface area (Å²) in [7, 11) is 0. The van der Waals surface area contributed by atoms with Gasteiger partial charge >= 0.3 is 0 Å². The first-order chi connectivity index (χ1) is 7.66. The van der Waals surface area contributed by atoms with Crippen molar-refractivity contribution in [2.75, 3.05) is 6.61 Å². The van der Waals surface area contributed by atoms with E-state index < -0.39 is 0 Å². The molecule has 1 aromatic rings. The predicted octanol–water partition coefficient (Wildman–Crippen LogP) is 3.93. The Kier molecular flexibility index (Phi) is 4.85. The van der Waals surface area contributed by atoms with E-state index in [1.54, 1.807) is 11.3 Å². The van der Waals surface area contributed by atoms with E-state index in [4.69, 9.17) is 4.74 Å². The standard InChI is InChI=1S/C11H15Br2NOS/c1-7(10-3-2-4-15-10)14-6-8-5-9(12)11(13)16-8/h5,7,10,14H,2-4,6H2,1H3. The molecule has 0 spiro atoms. The fourth-order valence-corrected chi connectivity index (χ4v) is 4.00. The molecule has 1 aliphatic heterocycles. The van der Waals surface area contributed by atoms with Gasteiger partial charge in [-0.1, -0.05) is 0 Å². The second kappa shape index (κ2) is 5.96. The van der Waals surface area contributed by atoms with Crippen molar-refractivity contribution in [2.45, 2.75) is 38.5 Å². The molecule has 0 radical (unpaired) electrons. The number of hydrogen-bond acceptors (Lipinski definition) is 3. The average Bonchev–Trinajstić information content (AvgIpc) is 2.86. The quantitative estimate of drug-likeness (QED) is 0.869. The number of thiophene rings is 1. The third-order valence-corrected chi connectivity index (χ3v) is 6.07. The van der Waals surface area contributed by atoms with Gasteiger partial charge in [-0.25, -0.2) is 0 Å². The van der Waals surface area contributed by atoms with Crippen LogP contribution in [-0.4, -0.2) is 18.8 Å². The maximum atomic E-state index is 5.65. The number of halogens is 2. The van der Waals surface area contributed by atoms with E-state index in [1.165, 1.54) is 17.7 Å². The van der Waals surface area contributed by atoms with Gasteiger partial charge in [0.05, 0.1) is 9.89 Å². The lowest BCUT2D eigenvalue weighted by Gasteiger charge is -2.19. The fourth-order valence-electron chi connectivity index (χ4n) is 1.87. The molecular weight excluding hydrogens is 354 g/mol. The number of hydrogen-bond donors (Lipinski definition) is 1. The maximum absolute atomic E-state index is 5.65. The van der Waals surface area contributed by atoms with Crippen LogP contribution < -0.4 is 5.32 Å². The molecule has 0 amide bonds. The summed E-state index contributed by atoms with van der Waals surface area (Å²) in [6.45, 7) is 4.04. The summed E-state index contributed by atoms with van der Waals surface area (Å²) in [4.78, 5) is 1.34. The molecule has 0 aromatic carbocycles. The minimum Gasteiger partial charge on any atom is -0.377 e. The molecule has 2 atom stereocenters. The first-order valence-corrected chi connectivity index (χ1v) is 7.86. The molecule has 0 saturated carbocycles. The zero-order valence-corrected chi connectivity index (χ0v) is 13.1. The molecule has 90 valence electrons. The van der Waals surface area contributed by atoms with Gasteiger partial charge in [-0.15, -0.1) is 11.3 Å². The van der Waals surface area contributed by atoms with Crippen LogP contribution in [0.1, 0.15) is 24.6 Å². The van der Waals surface area contributed by atoms with E-state index in [0.29, 0.717) is 12.1 Å². The van der Waals surface area contributed by atoms with Crippen LogP contribution in [0.25, 0.3) is 0 Å². The number of rotatable bonds is 4. The van der Waals surface area contributed by atoms with Crippen molar-refractivity contribution in [3.8, 4) is 0 Å². The van der Waals surface area contributed by atoms with Gasteiger partial charge in [-0.2, -0.15) is 0 Å². The molecule has 1 aliphatic rings. The van der Waals surface area contributed by atoms with E-state index in [0.717, 1.165) is 21.4 Å². The van der Waals surface area contributed by atoms with E-state index in [-0.39, 0.29) is 0 Å². The molecule has 1 N–H and O–H groups in total. The van der Waals surface area contributed by atoms with Crippen LogP contribution in [-0.2, 0) is 11.3 Å². The molecular formula is C11H15Br2NOS. The molecule has 0 bridgehead atoms. The Morgan fingerprint density at radius 2 is 2.44 bits per heavy atom. The van der Waals surface area contributed by atoms with Crippen molar-refractivity contribution in [1.29, 1.82) is 0 Å². The minimum atomic E-state index is 0.395. The van der Waals surface area contributed by atoms with Gasteiger partial charge in [0.15, 0.2) is 0 Å². The Morgan fingerprint density at radius 1 is 1.62 bits per heavy atom. The number of nitrogens with one attached hydrogen (secondary N) is 1. The van der Waals surface area contributed by atoms with Crippen LogP contribution in [0.5, 0.6) is 0 Å². The predicted molar refractivity (Wildman–Crippen MR) is 75.0 cm³/mol. The van der Waals surface area contributed by atoms with Gasteiger partial charge < -0.3 is 10.1 Å². The highest BCUT2D eigenvalue weighted by Crippen LogP contribution is 2.32. The molecule has 16 heavy (non-hydrogen) atoms. The molecule has 5 heteroatoms. The van der Waals surface area contributed by atoms with Crippen LogP contribution in [0.4, 0.5) is 0 Å². The minimum absolute atomic E-state index is 0.395. The van der Waals surface area contributed by atoms with E-state index in [1.807, 2.05) is 0 Å². The first kappa shape index (κ1) is 13.0. The summed E-state index contributed by atoms with van der Waals surface area (Å²) in [6, 6.07) is 2.59. The zero-order chi connectivity index (χ0) is 11.5. The fraction of sp³-hybridized carbons (Fsp3) is 0.636. The average molecular weight is 369 g/mol. The topological polar surface area (TPSA) is 21.3 Å². The Labute approximate surface area is 117 Å².